The molecule has 0 fully saturated rings. The van der Waals surface area contributed by atoms with Crippen molar-refractivity contribution in [2.45, 2.75) is 13.8 Å². The molecule has 0 saturated carbocycles. The topological polar surface area (TPSA) is 0 Å². The summed E-state index contributed by atoms with van der Waals surface area (Å²) in [6.45, 7) is 4.00. The van der Waals surface area contributed by atoms with E-state index in [0.29, 0.717) is 0 Å². The zero-order chi connectivity index (χ0) is 7.82. The molecule has 0 atom stereocenters. The second-order valence-corrected chi connectivity index (χ2v) is 1.51. The molecule has 0 unspecified atom stereocenters. The van der Waals surface area contributed by atoms with E-state index in [4.69, 9.17) is 6.42 Å². The van der Waals surface area contributed by atoms with Gasteiger partial charge in [0.1, 0.15) is 0 Å². The summed E-state index contributed by atoms with van der Waals surface area (Å²) in [5.74, 6) is 2.53. The van der Waals surface area contributed by atoms with Gasteiger partial charge in [-0.1, -0.05) is 38.0 Å². The van der Waals surface area contributed by atoms with Gasteiger partial charge in [-0.2, -0.15) is 0 Å². The molecule has 0 heterocycles. The van der Waals surface area contributed by atoms with Gasteiger partial charge in [0.2, 0.25) is 0 Å². The van der Waals surface area contributed by atoms with Crippen LogP contribution in [-0.4, -0.2) is 0 Å². The molecule has 0 radical (unpaired) electrons. The fourth-order valence-electron chi connectivity index (χ4n) is 0.534. The van der Waals surface area contributed by atoms with Crippen LogP contribution in [0.2, 0.25) is 0 Å². The summed E-state index contributed by atoms with van der Waals surface area (Å²) in [6, 6.07) is 9.60. The molecule has 10 heavy (non-hydrogen) atoms. The molecule has 0 bridgehead atoms. The largest absolute Gasteiger partial charge is 0.115 e. The minimum absolute atomic E-state index is 0.938. The average molecular weight is 132 g/mol. The number of hydrogen-bond acceptors (Lipinski definition) is 0. The zero-order valence-corrected chi connectivity index (χ0v) is 6.46. The van der Waals surface area contributed by atoms with E-state index in [1.807, 2.05) is 44.2 Å². The third kappa shape index (κ3) is 2.94. The molecule has 0 amide bonds. The van der Waals surface area contributed by atoms with Gasteiger partial charge in [-0.05, 0) is 12.1 Å². The summed E-state index contributed by atoms with van der Waals surface area (Å²) in [4.78, 5) is 0. The Morgan fingerprint density at radius 1 is 1.10 bits per heavy atom. The molecule has 0 aliphatic heterocycles. The van der Waals surface area contributed by atoms with Crippen LogP contribution in [-0.2, 0) is 0 Å². The van der Waals surface area contributed by atoms with Crippen LogP contribution >= 0.6 is 0 Å². The van der Waals surface area contributed by atoms with Crippen molar-refractivity contribution in [3.63, 3.8) is 0 Å². The van der Waals surface area contributed by atoms with E-state index in [-0.39, 0.29) is 0 Å². The van der Waals surface area contributed by atoms with Gasteiger partial charge in [0, 0.05) is 5.56 Å². The monoisotopic (exact) mass is 132 g/mol. The molecule has 0 heteroatoms. The lowest BCUT2D eigenvalue weighted by Gasteiger charge is -1.82. The number of terminal acetylenes is 1. The Kier molecular flexibility index (Phi) is 5.19. The second-order valence-electron chi connectivity index (χ2n) is 1.51. The van der Waals surface area contributed by atoms with E-state index in [9.17, 15) is 0 Å². The Morgan fingerprint density at radius 2 is 1.60 bits per heavy atom. The maximum absolute atomic E-state index is 5.10. The van der Waals surface area contributed by atoms with E-state index in [1.54, 1.807) is 0 Å². The molecule has 0 aromatic heterocycles. The Balaban J connectivity index is 0.000000371. The van der Waals surface area contributed by atoms with E-state index in [2.05, 4.69) is 5.92 Å². The highest BCUT2D eigenvalue weighted by atomic mass is 13.8. The fraction of sp³-hybridized carbons (Fsp3) is 0.200. The van der Waals surface area contributed by atoms with Gasteiger partial charge in [0.15, 0.2) is 0 Å². The number of benzene rings is 1. The first-order valence-corrected chi connectivity index (χ1v) is 3.45. The second kappa shape index (κ2) is 5.91. The molecular weight excluding hydrogens is 120 g/mol. The minimum atomic E-state index is 0.938. The molecule has 0 saturated heterocycles. The van der Waals surface area contributed by atoms with Crippen LogP contribution in [0.15, 0.2) is 30.3 Å². The van der Waals surface area contributed by atoms with Gasteiger partial charge in [-0.3, -0.25) is 0 Å². The summed E-state index contributed by atoms with van der Waals surface area (Å²) >= 11 is 0. The molecule has 0 spiro atoms. The highest BCUT2D eigenvalue weighted by molar-refractivity contribution is 5.30. The molecule has 52 valence electrons. The van der Waals surface area contributed by atoms with Crippen molar-refractivity contribution in [3.8, 4) is 12.3 Å². The van der Waals surface area contributed by atoms with Gasteiger partial charge in [0.25, 0.3) is 0 Å². The standard InChI is InChI=1S/C8H6.C2H6/c1-2-8-6-4-3-5-7-8;1-2/h1,3-7H;1-2H3. The predicted octanol–water partition coefficient (Wildman–Crippen LogP) is 2.69. The van der Waals surface area contributed by atoms with Crippen LogP contribution in [0.1, 0.15) is 19.4 Å². The molecule has 0 nitrogen and oxygen atoms in total. The minimum Gasteiger partial charge on any atom is -0.115 e. The van der Waals surface area contributed by atoms with Crippen LogP contribution in [0.25, 0.3) is 0 Å². The number of hydrogen-bond donors (Lipinski definition) is 0. The van der Waals surface area contributed by atoms with Crippen LogP contribution < -0.4 is 0 Å². The van der Waals surface area contributed by atoms with Crippen LogP contribution in [0.5, 0.6) is 0 Å². The van der Waals surface area contributed by atoms with E-state index in [1.165, 1.54) is 0 Å². The van der Waals surface area contributed by atoms with Crippen molar-refractivity contribution in [2.24, 2.45) is 0 Å². The van der Waals surface area contributed by atoms with Crippen molar-refractivity contribution < 1.29 is 0 Å². The van der Waals surface area contributed by atoms with Crippen LogP contribution in [0, 0.1) is 12.3 Å². The maximum Gasteiger partial charge on any atom is 0.0242 e. The van der Waals surface area contributed by atoms with E-state index < -0.39 is 0 Å². The maximum atomic E-state index is 5.10. The molecule has 0 N–H and O–H groups in total. The molecule has 1 rings (SSSR count). The van der Waals surface area contributed by atoms with E-state index >= 15 is 0 Å². The first-order valence-electron chi connectivity index (χ1n) is 3.45. The predicted molar refractivity (Wildman–Crippen MR) is 45.7 cm³/mol. The molecule has 0 aliphatic carbocycles. The first kappa shape index (κ1) is 8.78. The lowest BCUT2D eigenvalue weighted by molar-refractivity contribution is 1.50. The van der Waals surface area contributed by atoms with Crippen LogP contribution in [0.3, 0.4) is 0 Å². The molecule has 1 aromatic carbocycles. The van der Waals surface area contributed by atoms with Gasteiger partial charge in [-0.25, -0.2) is 0 Å². The third-order valence-corrected chi connectivity index (χ3v) is 0.940. The van der Waals surface area contributed by atoms with Crippen molar-refractivity contribution in [1.29, 1.82) is 0 Å². The van der Waals surface area contributed by atoms with Crippen LogP contribution in [0.4, 0.5) is 0 Å². The zero-order valence-electron chi connectivity index (χ0n) is 6.46. The molecular formula is C10H12. The SMILES string of the molecule is C#Cc1ccccc1.CC. The first-order chi connectivity index (χ1) is 4.93. The van der Waals surface area contributed by atoms with Crippen molar-refractivity contribution in [3.05, 3.63) is 35.9 Å². The fourth-order valence-corrected chi connectivity index (χ4v) is 0.534. The Morgan fingerprint density at radius 3 is 1.90 bits per heavy atom. The summed E-state index contributed by atoms with van der Waals surface area (Å²) in [6.07, 6.45) is 5.10. The summed E-state index contributed by atoms with van der Waals surface area (Å²) in [7, 11) is 0. The third-order valence-electron chi connectivity index (χ3n) is 0.940. The molecule has 0 aliphatic rings. The average Bonchev–Trinajstić information content (AvgIpc) is 2.10. The van der Waals surface area contributed by atoms with Gasteiger partial charge in [0.05, 0.1) is 0 Å². The summed E-state index contributed by atoms with van der Waals surface area (Å²) in [5.41, 5.74) is 0.938. The highest BCUT2D eigenvalue weighted by Gasteiger charge is 1.76. The lowest BCUT2D eigenvalue weighted by Crippen LogP contribution is -1.66. The van der Waals surface area contributed by atoms with Crippen molar-refractivity contribution >= 4 is 0 Å². The van der Waals surface area contributed by atoms with E-state index in [0.717, 1.165) is 5.56 Å². The number of rotatable bonds is 0. The Labute approximate surface area is 62.9 Å². The van der Waals surface area contributed by atoms with Crippen molar-refractivity contribution in [1.82, 2.24) is 0 Å². The Bertz CT molecular complexity index is 191. The smallest absolute Gasteiger partial charge is 0.0242 e. The van der Waals surface area contributed by atoms with Gasteiger partial charge < -0.3 is 0 Å². The lowest BCUT2D eigenvalue weighted by atomic mass is 10.2. The highest BCUT2D eigenvalue weighted by Crippen LogP contribution is 1.92. The summed E-state index contributed by atoms with van der Waals surface area (Å²) in [5, 5.41) is 0. The van der Waals surface area contributed by atoms with Crippen molar-refractivity contribution in [2.75, 3.05) is 0 Å². The van der Waals surface area contributed by atoms with Gasteiger partial charge >= 0.3 is 0 Å². The normalized spacial score (nSPS) is 6.90. The summed E-state index contributed by atoms with van der Waals surface area (Å²) < 4.78 is 0. The Hall–Kier alpha value is -1.22. The quantitative estimate of drug-likeness (QED) is 0.476. The molecule has 1 aromatic rings. The van der Waals surface area contributed by atoms with Gasteiger partial charge in [-0.15, -0.1) is 6.42 Å².